The third-order valence-corrected chi connectivity index (χ3v) is 1.22. The Hall–Kier alpha value is -1.47. The van der Waals surface area contributed by atoms with Crippen molar-refractivity contribution in [2.45, 2.75) is 13.5 Å². The van der Waals surface area contributed by atoms with Crippen LogP contribution in [0.15, 0.2) is 4.52 Å². The number of carbonyl (C=O) groups excluding carboxylic acids is 1. The summed E-state index contributed by atoms with van der Waals surface area (Å²) in [4.78, 5) is 19.1. The predicted molar refractivity (Wildman–Crippen MR) is 41.3 cm³/mol. The molecule has 13 heavy (non-hydrogen) atoms. The van der Waals surface area contributed by atoms with Crippen molar-refractivity contribution in [2.75, 3.05) is 6.54 Å². The number of nitrogens with zero attached hydrogens (tertiary/aromatic N) is 2. The van der Waals surface area contributed by atoms with Crippen LogP contribution in [0.4, 0.5) is 0 Å². The molecule has 7 heteroatoms. The first kappa shape index (κ1) is 9.62. The van der Waals surface area contributed by atoms with Gasteiger partial charge in [-0.25, -0.2) is 5.90 Å². The van der Waals surface area contributed by atoms with Crippen LogP contribution >= 0.6 is 0 Å². The number of hydrogen-bond donors (Lipinski definition) is 2. The van der Waals surface area contributed by atoms with Gasteiger partial charge in [-0.1, -0.05) is 5.16 Å². The second-order valence-corrected chi connectivity index (χ2v) is 2.18. The Morgan fingerprint density at radius 3 is 3.15 bits per heavy atom. The van der Waals surface area contributed by atoms with Crippen molar-refractivity contribution in [3.05, 3.63) is 11.7 Å². The minimum atomic E-state index is -0.380. The van der Waals surface area contributed by atoms with Gasteiger partial charge in [0.2, 0.25) is 0 Å². The van der Waals surface area contributed by atoms with Crippen molar-refractivity contribution < 1.29 is 14.2 Å². The molecule has 0 aromatic carbocycles. The third kappa shape index (κ3) is 2.49. The highest BCUT2D eigenvalue weighted by molar-refractivity contribution is 5.90. The maximum atomic E-state index is 11.1. The Morgan fingerprint density at radius 1 is 1.77 bits per heavy atom. The van der Waals surface area contributed by atoms with E-state index in [1.54, 1.807) is 6.92 Å². The van der Waals surface area contributed by atoms with E-state index in [2.05, 4.69) is 24.8 Å². The topological polar surface area (TPSA) is 103 Å². The maximum absolute atomic E-state index is 11.1. The second kappa shape index (κ2) is 4.53. The summed E-state index contributed by atoms with van der Waals surface area (Å²) in [5.41, 5.74) is 0. The van der Waals surface area contributed by atoms with E-state index in [4.69, 9.17) is 5.90 Å². The first-order valence-electron chi connectivity index (χ1n) is 3.70. The summed E-state index contributed by atoms with van der Waals surface area (Å²) < 4.78 is 4.65. The molecule has 1 rings (SSSR count). The zero-order valence-electron chi connectivity index (χ0n) is 7.11. The fourth-order valence-electron chi connectivity index (χ4n) is 0.717. The van der Waals surface area contributed by atoms with Crippen molar-refractivity contribution >= 4 is 5.91 Å². The molecule has 0 saturated carbocycles. The van der Waals surface area contributed by atoms with Gasteiger partial charge in [-0.3, -0.25) is 9.63 Å². The minimum absolute atomic E-state index is 0.00753. The highest BCUT2D eigenvalue weighted by atomic mass is 16.6. The van der Waals surface area contributed by atoms with Gasteiger partial charge in [0.15, 0.2) is 0 Å². The third-order valence-electron chi connectivity index (χ3n) is 1.22. The number of nitrogens with one attached hydrogen (secondary N) is 1. The monoisotopic (exact) mass is 186 g/mol. The highest BCUT2D eigenvalue weighted by Gasteiger charge is 2.12. The quantitative estimate of drug-likeness (QED) is 0.597. The predicted octanol–water partition coefficient (Wildman–Crippen LogP) is -0.790. The van der Waals surface area contributed by atoms with Crippen LogP contribution in [-0.4, -0.2) is 22.6 Å². The molecule has 1 amide bonds. The Balaban J connectivity index is 2.62. The summed E-state index contributed by atoms with van der Waals surface area (Å²) in [5, 5.41) is 5.94. The molecule has 0 radical (unpaired) electrons. The van der Waals surface area contributed by atoms with Gasteiger partial charge >= 0.3 is 0 Å². The lowest BCUT2D eigenvalue weighted by Crippen LogP contribution is -2.23. The summed E-state index contributed by atoms with van der Waals surface area (Å²) in [6, 6.07) is 0. The van der Waals surface area contributed by atoms with Gasteiger partial charge in [-0.15, -0.1) is 0 Å². The molecule has 3 N–H and O–H groups in total. The van der Waals surface area contributed by atoms with E-state index in [0.717, 1.165) is 0 Å². The normalized spacial score (nSPS) is 10.0. The standard InChI is InChI=1S/C6H10N4O3/c1-2-8-6(11)5-9-4(3-12-7)13-10-5/h2-3,7H2,1H3,(H,8,11). The molecule has 0 unspecified atom stereocenters. The van der Waals surface area contributed by atoms with Crippen molar-refractivity contribution in [1.82, 2.24) is 15.5 Å². The highest BCUT2D eigenvalue weighted by Crippen LogP contribution is 1.97. The smallest absolute Gasteiger partial charge is 0.292 e. The van der Waals surface area contributed by atoms with Crippen LogP contribution in [-0.2, 0) is 11.4 Å². The molecule has 1 aromatic rings. The van der Waals surface area contributed by atoms with Crippen molar-refractivity contribution in [3.8, 4) is 0 Å². The van der Waals surface area contributed by atoms with E-state index in [-0.39, 0.29) is 24.2 Å². The molecule has 0 aliphatic rings. The summed E-state index contributed by atoms with van der Waals surface area (Å²) in [6.45, 7) is 2.30. The zero-order valence-corrected chi connectivity index (χ0v) is 7.11. The largest absolute Gasteiger partial charge is 0.349 e. The Kier molecular flexibility index (Phi) is 3.35. The van der Waals surface area contributed by atoms with E-state index in [1.165, 1.54) is 0 Å². The Labute approximate surface area is 74.2 Å². The molecular weight excluding hydrogens is 176 g/mol. The van der Waals surface area contributed by atoms with Crippen LogP contribution in [0.1, 0.15) is 23.4 Å². The molecule has 0 atom stereocenters. The first-order valence-corrected chi connectivity index (χ1v) is 3.70. The SMILES string of the molecule is CCNC(=O)c1noc(CON)n1. The average Bonchev–Trinajstić information content (AvgIpc) is 2.54. The molecule has 0 bridgehead atoms. The zero-order chi connectivity index (χ0) is 9.68. The number of carbonyl (C=O) groups is 1. The number of hydrogen-bond acceptors (Lipinski definition) is 6. The van der Waals surface area contributed by atoms with Crippen LogP contribution in [0, 0.1) is 0 Å². The van der Waals surface area contributed by atoms with Crippen molar-refractivity contribution in [3.63, 3.8) is 0 Å². The molecule has 1 heterocycles. The summed E-state index contributed by atoms with van der Waals surface area (Å²) in [6.07, 6.45) is 0. The first-order chi connectivity index (χ1) is 6.27. The molecule has 72 valence electrons. The lowest BCUT2D eigenvalue weighted by molar-refractivity contribution is 0.0941. The van der Waals surface area contributed by atoms with Crippen molar-refractivity contribution in [2.24, 2.45) is 5.90 Å². The fourth-order valence-corrected chi connectivity index (χ4v) is 0.717. The van der Waals surface area contributed by atoms with E-state index >= 15 is 0 Å². The molecule has 0 fully saturated rings. The van der Waals surface area contributed by atoms with E-state index in [1.807, 2.05) is 0 Å². The summed E-state index contributed by atoms with van der Waals surface area (Å²) in [7, 11) is 0. The summed E-state index contributed by atoms with van der Waals surface area (Å²) >= 11 is 0. The lowest BCUT2D eigenvalue weighted by Gasteiger charge is -1.93. The van der Waals surface area contributed by atoms with E-state index in [0.29, 0.717) is 6.54 Å². The lowest BCUT2D eigenvalue weighted by atomic mass is 10.5. The number of amides is 1. The summed E-state index contributed by atoms with van der Waals surface area (Å²) in [5.74, 6) is 4.55. The molecular formula is C6H10N4O3. The van der Waals surface area contributed by atoms with Gasteiger partial charge in [0, 0.05) is 6.54 Å². The number of rotatable bonds is 4. The molecule has 7 nitrogen and oxygen atoms in total. The molecule has 1 aromatic heterocycles. The van der Waals surface area contributed by atoms with Gasteiger partial charge in [0.05, 0.1) is 0 Å². The number of aromatic nitrogens is 2. The molecule has 0 aliphatic heterocycles. The fraction of sp³-hybridized carbons (Fsp3) is 0.500. The van der Waals surface area contributed by atoms with Gasteiger partial charge in [0.1, 0.15) is 6.61 Å². The second-order valence-electron chi connectivity index (χ2n) is 2.18. The van der Waals surface area contributed by atoms with Crippen LogP contribution in [0.2, 0.25) is 0 Å². The van der Waals surface area contributed by atoms with Gasteiger partial charge in [-0.05, 0) is 6.92 Å². The maximum Gasteiger partial charge on any atom is 0.292 e. The molecule has 0 aliphatic carbocycles. The number of nitrogens with two attached hydrogens (primary N) is 1. The van der Waals surface area contributed by atoms with Gasteiger partial charge < -0.3 is 9.84 Å². The Morgan fingerprint density at radius 2 is 2.54 bits per heavy atom. The van der Waals surface area contributed by atoms with Gasteiger partial charge in [0.25, 0.3) is 17.6 Å². The van der Waals surface area contributed by atoms with Crippen molar-refractivity contribution in [1.29, 1.82) is 0 Å². The molecule has 0 saturated heterocycles. The van der Waals surface area contributed by atoms with E-state index in [9.17, 15) is 4.79 Å². The van der Waals surface area contributed by atoms with E-state index < -0.39 is 0 Å². The van der Waals surface area contributed by atoms with Crippen LogP contribution in [0.3, 0.4) is 0 Å². The van der Waals surface area contributed by atoms with Crippen LogP contribution in [0.25, 0.3) is 0 Å². The minimum Gasteiger partial charge on any atom is -0.349 e. The average molecular weight is 186 g/mol. The van der Waals surface area contributed by atoms with Crippen LogP contribution < -0.4 is 11.2 Å². The van der Waals surface area contributed by atoms with Crippen LogP contribution in [0.5, 0.6) is 0 Å². The van der Waals surface area contributed by atoms with Gasteiger partial charge in [-0.2, -0.15) is 4.98 Å². The molecule has 0 spiro atoms. The Bertz CT molecular complexity index is 285.